The van der Waals surface area contributed by atoms with Gasteiger partial charge in [-0.05, 0) is 12.1 Å². The highest BCUT2D eigenvalue weighted by Gasteiger charge is 2.30. The molecule has 0 bridgehead atoms. The van der Waals surface area contributed by atoms with Gasteiger partial charge in [-0.3, -0.25) is 4.55 Å². The predicted molar refractivity (Wildman–Crippen MR) is 58.8 cm³/mol. The average molecular weight is 256 g/mol. The number of anilines is 1. The Kier molecular flexibility index (Phi) is 2.60. The van der Waals surface area contributed by atoms with Crippen molar-refractivity contribution in [2.75, 3.05) is 11.9 Å². The summed E-state index contributed by atoms with van der Waals surface area (Å²) in [6.07, 6.45) is 1.45. The number of carboxylic acid groups (broad SMARTS) is 1. The molecule has 3 N–H and O–H groups in total. The molecular weight excluding hydrogens is 248 g/mol. The first-order chi connectivity index (χ1) is 7.91. The molecule has 0 saturated carbocycles. The summed E-state index contributed by atoms with van der Waals surface area (Å²) in [5.41, 5.74) is -0.312. The van der Waals surface area contributed by atoms with E-state index in [0.29, 0.717) is 0 Å². The summed E-state index contributed by atoms with van der Waals surface area (Å²) >= 11 is 0. The summed E-state index contributed by atoms with van der Waals surface area (Å²) < 4.78 is 31.1. The molecule has 0 amide bonds. The van der Waals surface area contributed by atoms with Gasteiger partial charge in [-0.2, -0.15) is 8.42 Å². The molecule has 2 heterocycles. The van der Waals surface area contributed by atoms with Gasteiger partial charge in [0, 0.05) is 11.8 Å². The number of nitrogens with zero attached hydrogens (tertiary/aromatic N) is 1. The lowest BCUT2D eigenvalue weighted by Gasteiger charge is -2.19. The molecule has 0 aromatic carbocycles. The first kappa shape index (κ1) is 11.6. The molecule has 1 aromatic heterocycles. The fourth-order valence-corrected chi connectivity index (χ4v) is 2.31. The van der Waals surface area contributed by atoms with Gasteiger partial charge in [0.05, 0.1) is 12.1 Å². The molecule has 0 spiro atoms. The van der Waals surface area contributed by atoms with Crippen LogP contribution >= 0.6 is 0 Å². The third kappa shape index (κ3) is 1.99. The van der Waals surface area contributed by atoms with Gasteiger partial charge in [-0.1, -0.05) is 0 Å². The Bertz CT molecular complexity index is 620. The van der Waals surface area contributed by atoms with Crippen LogP contribution in [0.25, 0.3) is 5.57 Å². The Morgan fingerprint density at radius 1 is 1.47 bits per heavy atom. The normalized spacial score (nSPS) is 15.1. The fourth-order valence-electron chi connectivity index (χ4n) is 1.61. The van der Waals surface area contributed by atoms with E-state index in [2.05, 4.69) is 10.3 Å². The number of hydrogen-bond acceptors (Lipinski definition) is 5. The number of aromatic nitrogens is 1. The van der Waals surface area contributed by atoms with Crippen LogP contribution < -0.4 is 5.32 Å². The molecule has 0 unspecified atom stereocenters. The lowest BCUT2D eigenvalue weighted by atomic mass is 10.0. The van der Waals surface area contributed by atoms with Crippen LogP contribution in [0.4, 0.5) is 5.82 Å². The van der Waals surface area contributed by atoms with Crippen molar-refractivity contribution in [3.05, 3.63) is 28.8 Å². The second kappa shape index (κ2) is 3.82. The average Bonchev–Trinajstić information content (AvgIpc) is 2.26. The Labute approximate surface area is 96.5 Å². The molecule has 1 aliphatic heterocycles. The minimum absolute atomic E-state index is 0.138. The lowest BCUT2D eigenvalue weighted by molar-refractivity contribution is -0.130. The highest BCUT2D eigenvalue weighted by molar-refractivity contribution is 7.90. The van der Waals surface area contributed by atoms with E-state index in [1.807, 2.05) is 0 Å². The summed E-state index contributed by atoms with van der Waals surface area (Å²) in [6.45, 7) is -0.301. The maximum absolute atomic E-state index is 11.1. The van der Waals surface area contributed by atoms with E-state index in [0.717, 1.165) is 0 Å². The molecule has 0 radical (unpaired) electrons. The number of hydrogen-bond donors (Lipinski definition) is 3. The van der Waals surface area contributed by atoms with E-state index in [-0.39, 0.29) is 17.9 Å². The first-order valence-corrected chi connectivity index (χ1v) is 5.98. The number of carbonyl (C=O) groups is 1. The SMILES string of the molecule is O=C(O)C1=C(S(=O)(=O)O)CNc2ncccc21. The summed E-state index contributed by atoms with van der Waals surface area (Å²) in [5.74, 6) is -1.15. The van der Waals surface area contributed by atoms with Crippen LogP contribution in [-0.4, -0.2) is 35.6 Å². The van der Waals surface area contributed by atoms with Gasteiger partial charge in [0.15, 0.2) is 0 Å². The molecule has 0 aliphatic carbocycles. The van der Waals surface area contributed by atoms with Gasteiger partial charge in [-0.25, -0.2) is 9.78 Å². The fraction of sp³-hybridized carbons (Fsp3) is 0.111. The van der Waals surface area contributed by atoms with Crippen molar-refractivity contribution in [1.82, 2.24) is 4.98 Å². The Morgan fingerprint density at radius 2 is 2.18 bits per heavy atom. The van der Waals surface area contributed by atoms with Crippen LogP contribution in [0.15, 0.2) is 23.2 Å². The summed E-state index contributed by atoms with van der Waals surface area (Å²) in [5, 5.41) is 11.7. The van der Waals surface area contributed by atoms with E-state index in [1.54, 1.807) is 0 Å². The van der Waals surface area contributed by atoms with Gasteiger partial charge in [0.2, 0.25) is 0 Å². The topological polar surface area (TPSA) is 117 Å². The van der Waals surface area contributed by atoms with Gasteiger partial charge in [-0.15, -0.1) is 0 Å². The highest BCUT2D eigenvalue weighted by Crippen LogP contribution is 2.31. The van der Waals surface area contributed by atoms with Crippen molar-refractivity contribution in [1.29, 1.82) is 0 Å². The number of carboxylic acids is 1. The third-order valence-electron chi connectivity index (χ3n) is 2.30. The molecule has 2 rings (SSSR count). The van der Waals surface area contributed by atoms with Gasteiger partial charge >= 0.3 is 5.97 Å². The molecule has 17 heavy (non-hydrogen) atoms. The van der Waals surface area contributed by atoms with E-state index < -0.39 is 26.6 Å². The molecule has 7 nitrogen and oxygen atoms in total. The van der Waals surface area contributed by atoms with Crippen molar-refractivity contribution >= 4 is 27.5 Å². The van der Waals surface area contributed by atoms with Crippen LogP contribution in [0, 0.1) is 0 Å². The second-order valence-electron chi connectivity index (χ2n) is 3.33. The van der Waals surface area contributed by atoms with Crippen molar-refractivity contribution in [3.63, 3.8) is 0 Å². The van der Waals surface area contributed by atoms with Gasteiger partial charge in [0.25, 0.3) is 10.1 Å². The monoisotopic (exact) mass is 256 g/mol. The summed E-state index contributed by atoms with van der Waals surface area (Å²) in [4.78, 5) is 14.4. The van der Waals surface area contributed by atoms with Crippen molar-refractivity contribution in [2.45, 2.75) is 0 Å². The van der Waals surface area contributed by atoms with Crippen LogP contribution in [0.3, 0.4) is 0 Å². The van der Waals surface area contributed by atoms with Crippen LogP contribution in [-0.2, 0) is 14.9 Å². The minimum Gasteiger partial charge on any atom is -0.478 e. The molecule has 1 aromatic rings. The predicted octanol–water partition coefficient (Wildman–Crippen LogP) is 0.191. The molecule has 0 saturated heterocycles. The Hall–Kier alpha value is -1.93. The standard InChI is InChI=1S/C9H8N2O5S/c12-9(13)7-5-2-1-3-10-8(5)11-4-6(7)17(14,15)16/h1-3H,4H2,(H,10,11)(H,12,13)(H,14,15,16). The van der Waals surface area contributed by atoms with Gasteiger partial charge in [0.1, 0.15) is 10.7 Å². The molecule has 0 atom stereocenters. The van der Waals surface area contributed by atoms with Crippen molar-refractivity contribution < 1.29 is 22.9 Å². The van der Waals surface area contributed by atoms with Crippen LogP contribution in [0.5, 0.6) is 0 Å². The lowest BCUT2D eigenvalue weighted by Crippen LogP contribution is -2.23. The van der Waals surface area contributed by atoms with E-state index in [9.17, 15) is 13.2 Å². The first-order valence-electron chi connectivity index (χ1n) is 4.54. The van der Waals surface area contributed by atoms with E-state index >= 15 is 0 Å². The zero-order valence-corrected chi connectivity index (χ0v) is 9.23. The van der Waals surface area contributed by atoms with Gasteiger partial charge < -0.3 is 10.4 Å². The summed E-state index contributed by atoms with van der Waals surface area (Å²) in [7, 11) is -4.55. The second-order valence-corrected chi connectivity index (χ2v) is 4.77. The Morgan fingerprint density at radius 3 is 2.76 bits per heavy atom. The molecule has 8 heteroatoms. The zero-order chi connectivity index (χ0) is 12.6. The van der Waals surface area contributed by atoms with Crippen molar-refractivity contribution in [3.8, 4) is 0 Å². The molecule has 0 fully saturated rings. The van der Waals surface area contributed by atoms with Crippen LogP contribution in [0.1, 0.15) is 5.56 Å². The zero-order valence-electron chi connectivity index (χ0n) is 8.41. The number of fused-ring (bicyclic) bond motifs is 1. The number of rotatable bonds is 2. The maximum Gasteiger partial charge on any atom is 0.337 e. The van der Waals surface area contributed by atoms with Crippen molar-refractivity contribution in [2.24, 2.45) is 0 Å². The molecular formula is C9H8N2O5S. The smallest absolute Gasteiger partial charge is 0.337 e. The Balaban J connectivity index is 2.76. The van der Waals surface area contributed by atoms with Crippen LogP contribution in [0.2, 0.25) is 0 Å². The minimum atomic E-state index is -4.55. The quantitative estimate of drug-likeness (QED) is 0.646. The van der Waals surface area contributed by atoms with E-state index in [4.69, 9.17) is 9.66 Å². The molecule has 1 aliphatic rings. The number of pyridine rings is 1. The number of nitrogens with one attached hydrogen (secondary N) is 1. The number of aliphatic carboxylic acids is 1. The summed E-state index contributed by atoms with van der Waals surface area (Å²) in [6, 6.07) is 2.90. The maximum atomic E-state index is 11.1. The third-order valence-corrected chi connectivity index (χ3v) is 3.27. The largest absolute Gasteiger partial charge is 0.478 e. The molecule has 90 valence electrons. The highest BCUT2D eigenvalue weighted by atomic mass is 32.2. The van der Waals surface area contributed by atoms with E-state index in [1.165, 1.54) is 18.3 Å².